The van der Waals surface area contributed by atoms with Crippen molar-refractivity contribution >= 4 is 5.91 Å². The van der Waals surface area contributed by atoms with Gasteiger partial charge in [-0.1, -0.05) is 66.2 Å². The van der Waals surface area contributed by atoms with Crippen LogP contribution in [0.1, 0.15) is 52.6 Å². The Hall–Kier alpha value is -4.06. The van der Waals surface area contributed by atoms with E-state index < -0.39 is 0 Å². The van der Waals surface area contributed by atoms with Crippen LogP contribution >= 0.6 is 0 Å². The molecule has 0 bridgehead atoms. The first-order valence-electron chi connectivity index (χ1n) is 12.0. The second-order valence-corrected chi connectivity index (χ2v) is 8.62. The number of nitrogens with one attached hydrogen (secondary N) is 1. The van der Waals surface area contributed by atoms with Gasteiger partial charge in [0.25, 0.3) is 5.91 Å². The van der Waals surface area contributed by atoms with Crippen molar-refractivity contribution in [1.29, 1.82) is 0 Å². The van der Waals surface area contributed by atoms with Crippen molar-refractivity contribution in [2.24, 2.45) is 0 Å². The number of amides is 1. The summed E-state index contributed by atoms with van der Waals surface area (Å²) in [5, 5.41) is 7.62. The van der Waals surface area contributed by atoms with E-state index >= 15 is 0 Å². The average Bonchev–Trinajstić information content (AvgIpc) is 3.41. The quantitative estimate of drug-likeness (QED) is 0.349. The number of aromatic amines is 1. The first kappa shape index (κ1) is 22.7. The molecule has 2 heterocycles. The van der Waals surface area contributed by atoms with Gasteiger partial charge in [0.2, 0.25) is 0 Å². The first-order valence-corrected chi connectivity index (χ1v) is 12.0. The Morgan fingerprint density at radius 2 is 1.63 bits per heavy atom. The number of hydrogen-bond acceptors (Lipinski definition) is 4. The normalized spacial score (nSPS) is 14.8. The predicted octanol–water partition coefficient (Wildman–Crippen LogP) is 5.93. The summed E-state index contributed by atoms with van der Waals surface area (Å²) in [7, 11) is 0. The Balaban J connectivity index is 1.65. The third-order valence-electron chi connectivity index (χ3n) is 6.27. The number of aromatic nitrogens is 2. The molecule has 1 aliphatic heterocycles. The Labute approximate surface area is 205 Å². The number of H-pyrrole nitrogens is 1. The minimum atomic E-state index is -0.317. The van der Waals surface area contributed by atoms with Crippen LogP contribution in [-0.2, 0) is 6.54 Å². The minimum absolute atomic E-state index is 0.0634. The maximum Gasteiger partial charge on any atom is 0.273 e. The molecular formula is C29H29N3O3. The second-order valence-electron chi connectivity index (χ2n) is 8.62. The Morgan fingerprint density at radius 1 is 0.914 bits per heavy atom. The van der Waals surface area contributed by atoms with Gasteiger partial charge in [-0.05, 0) is 44.0 Å². The molecule has 4 aromatic rings. The summed E-state index contributed by atoms with van der Waals surface area (Å²) in [5.41, 5.74) is 6.39. The molecule has 1 amide bonds. The molecule has 6 heteroatoms. The van der Waals surface area contributed by atoms with E-state index in [0.717, 1.165) is 27.9 Å². The number of benzene rings is 3. The average molecular weight is 468 g/mol. The van der Waals surface area contributed by atoms with Crippen LogP contribution in [0.2, 0.25) is 0 Å². The van der Waals surface area contributed by atoms with Crippen molar-refractivity contribution in [1.82, 2.24) is 15.1 Å². The molecule has 0 fully saturated rings. The van der Waals surface area contributed by atoms with E-state index in [9.17, 15) is 4.79 Å². The molecule has 3 aromatic carbocycles. The fourth-order valence-electron chi connectivity index (χ4n) is 4.66. The molecule has 1 aromatic heterocycles. The largest absolute Gasteiger partial charge is 0.490 e. The van der Waals surface area contributed by atoms with Gasteiger partial charge in [0.05, 0.1) is 24.9 Å². The summed E-state index contributed by atoms with van der Waals surface area (Å²) in [6.45, 7) is 7.51. The standard InChI is InChI=1S/C29H29N3O3/c1-4-34-23-16-15-22(17-24(23)35-5-2)28-25-26(21-13-11-19(3)12-14-21)30-31-27(25)29(33)32(28)18-20-9-7-6-8-10-20/h6-17,28H,4-5,18H2,1-3H3,(H,30,31). The van der Waals surface area contributed by atoms with E-state index in [1.165, 1.54) is 5.56 Å². The summed E-state index contributed by atoms with van der Waals surface area (Å²) < 4.78 is 11.7. The van der Waals surface area contributed by atoms with Crippen LogP contribution in [0.3, 0.4) is 0 Å². The molecule has 1 aliphatic rings. The lowest BCUT2D eigenvalue weighted by atomic mass is 9.95. The zero-order chi connectivity index (χ0) is 24.4. The van der Waals surface area contributed by atoms with E-state index in [1.54, 1.807) is 0 Å². The number of ether oxygens (including phenoxy) is 2. The molecule has 0 radical (unpaired) electrons. The predicted molar refractivity (Wildman–Crippen MR) is 136 cm³/mol. The lowest BCUT2D eigenvalue weighted by molar-refractivity contribution is 0.0729. The van der Waals surface area contributed by atoms with E-state index in [0.29, 0.717) is 37.0 Å². The topological polar surface area (TPSA) is 67.5 Å². The molecule has 0 saturated carbocycles. The van der Waals surface area contributed by atoms with Gasteiger partial charge in [-0.2, -0.15) is 5.10 Å². The van der Waals surface area contributed by atoms with E-state index in [1.807, 2.05) is 67.3 Å². The lowest BCUT2D eigenvalue weighted by Crippen LogP contribution is -2.29. The molecule has 1 unspecified atom stereocenters. The summed E-state index contributed by atoms with van der Waals surface area (Å²) >= 11 is 0. The summed E-state index contributed by atoms with van der Waals surface area (Å²) in [6.07, 6.45) is 0. The van der Waals surface area contributed by atoms with Gasteiger partial charge in [-0.25, -0.2) is 0 Å². The smallest absolute Gasteiger partial charge is 0.273 e. The summed E-state index contributed by atoms with van der Waals surface area (Å²) in [5.74, 6) is 1.31. The van der Waals surface area contributed by atoms with Crippen LogP contribution in [0.25, 0.3) is 11.3 Å². The molecule has 5 rings (SSSR count). The summed E-state index contributed by atoms with van der Waals surface area (Å²) in [4.78, 5) is 15.6. The highest BCUT2D eigenvalue weighted by Gasteiger charge is 2.42. The van der Waals surface area contributed by atoms with Gasteiger partial charge in [0.15, 0.2) is 11.5 Å². The zero-order valence-corrected chi connectivity index (χ0v) is 20.2. The van der Waals surface area contributed by atoms with Crippen LogP contribution in [-0.4, -0.2) is 34.2 Å². The fraction of sp³-hybridized carbons (Fsp3) is 0.241. The van der Waals surface area contributed by atoms with E-state index in [-0.39, 0.29) is 11.9 Å². The number of nitrogens with zero attached hydrogens (tertiary/aromatic N) is 2. The van der Waals surface area contributed by atoms with Crippen molar-refractivity contribution in [3.63, 3.8) is 0 Å². The van der Waals surface area contributed by atoms with Gasteiger partial charge in [0.1, 0.15) is 5.69 Å². The minimum Gasteiger partial charge on any atom is -0.490 e. The van der Waals surface area contributed by atoms with Crippen molar-refractivity contribution in [2.75, 3.05) is 13.2 Å². The third kappa shape index (κ3) is 4.28. The van der Waals surface area contributed by atoms with Gasteiger partial charge < -0.3 is 14.4 Å². The molecule has 1 atom stereocenters. The number of fused-ring (bicyclic) bond motifs is 1. The summed E-state index contributed by atoms with van der Waals surface area (Å²) in [6, 6.07) is 23.9. The van der Waals surface area contributed by atoms with Crippen molar-refractivity contribution < 1.29 is 14.3 Å². The maximum absolute atomic E-state index is 13.7. The third-order valence-corrected chi connectivity index (χ3v) is 6.27. The molecule has 0 saturated heterocycles. The molecule has 0 aliphatic carbocycles. The van der Waals surface area contributed by atoms with Crippen LogP contribution in [0.15, 0.2) is 72.8 Å². The van der Waals surface area contributed by atoms with Crippen LogP contribution in [0.5, 0.6) is 11.5 Å². The first-order chi connectivity index (χ1) is 17.1. The van der Waals surface area contributed by atoms with Crippen molar-refractivity contribution in [3.05, 3.63) is 101 Å². The molecule has 178 valence electrons. The Kier molecular flexibility index (Phi) is 6.27. The van der Waals surface area contributed by atoms with Crippen LogP contribution in [0.4, 0.5) is 0 Å². The number of carbonyl (C=O) groups excluding carboxylic acids is 1. The molecule has 35 heavy (non-hydrogen) atoms. The van der Waals surface area contributed by atoms with Crippen molar-refractivity contribution in [2.45, 2.75) is 33.4 Å². The number of carbonyl (C=O) groups is 1. The van der Waals surface area contributed by atoms with Crippen molar-refractivity contribution in [3.8, 4) is 22.8 Å². The number of aryl methyl sites for hydroxylation is 1. The lowest BCUT2D eigenvalue weighted by Gasteiger charge is -2.27. The van der Waals surface area contributed by atoms with Crippen LogP contribution < -0.4 is 9.47 Å². The van der Waals surface area contributed by atoms with Crippen LogP contribution in [0, 0.1) is 6.92 Å². The van der Waals surface area contributed by atoms with Gasteiger partial charge in [0, 0.05) is 17.7 Å². The monoisotopic (exact) mass is 467 g/mol. The van der Waals surface area contributed by atoms with Gasteiger partial charge >= 0.3 is 0 Å². The molecule has 0 spiro atoms. The second kappa shape index (κ2) is 9.66. The van der Waals surface area contributed by atoms with E-state index in [2.05, 4.69) is 41.4 Å². The fourth-order valence-corrected chi connectivity index (χ4v) is 4.66. The molecule has 1 N–H and O–H groups in total. The van der Waals surface area contributed by atoms with Gasteiger partial charge in [-0.3, -0.25) is 9.89 Å². The maximum atomic E-state index is 13.7. The molecule has 6 nitrogen and oxygen atoms in total. The molecular weight excluding hydrogens is 438 g/mol. The highest BCUT2D eigenvalue weighted by atomic mass is 16.5. The van der Waals surface area contributed by atoms with E-state index in [4.69, 9.17) is 9.47 Å². The highest BCUT2D eigenvalue weighted by molar-refractivity contribution is 6.00. The number of rotatable bonds is 8. The highest BCUT2D eigenvalue weighted by Crippen LogP contribution is 2.45. The zero-order valence-electron chi connectivity index (χ0n) is 20.2. The van der Waals surface area contributed by atoms with Gasteiger partial charge in [-0.15, -0.1) is 0 Å². The SMILES string of the molecule is CCOc1ccc(C2c3c(-c4ccc(C)cc4)n[nH]c3C(=O)N2Cc2ccccc2)cc1OCC. The number of hydrogen-bond donors (Lipinski definition) is 1. The Morgan fingerprint density at radius 3 is 2.34 bits per heavy atom. The Bertz CT molecular complexity index is 1330.